The van der Waals surface area contributed by atoms with Gasteiger partial charge in [-0.15, -0.1) is 0 Å². The van der Waals surface area contributed by atoms with Gasteiger partial charge in [0.15, 0.2) is 11.2 Å². The summed E-state index contributed by atoms with van der Waals surface area (Å²) in [4.78, 5) is 21.1. The molecule has 0 radical (unpaired) electrons. The number of hydrogen-bond acceptors (Lipinski definition) is 5. The molecule has 3 N–H and O–H groups in total. The quantitative estimate of drug-likeness (QED) is 0.580. The minimum Gasteiger partial charge on any atom is -0.478 e. The van der Waals surface area contributed by atoms with E-state index in [0.29, 0.717) is 11.3 Å². The predicted octanol–water partition coefficient (Wildman–Crippen LogP) is 1.07. The Hall–Kier alpha value is -2.50. The van der Waals surface area contributed by atoms with Crippen molar-refractivity contribution in [3.63, 3.8) is 0 Å². The van der Waals surface area contributed by atoms with Crippen molar-refractivity contribution in [2.45, 2.75) is 0 Å². The van der Waals surface area contributed by atoms with Gasteiger partial charge < -0.3 is 19.7 Å². The lowest BCUT2D eigenvalue weighted by atomic mass is 10.1. The lowest BCUT2D eigenvalue weighted by molar-refractivity contribution is -0.131. The molecule has 0 aliphatic heterocycles. The van der Waals surface area contributed by atoms with E-state index in [1.54, 1.807) is 0 Å². The van der Waals surface area contributed by atoms with E-state index >= 15 is 0 Å². The van der Waals surface area contributed by atoms with Crippen LogP contribution >= 0.6 is 0 Å². The van der Waals surface area contributed by atoms with Crippen molar-refractivity contribution in [2.75, 3.05) is 5.73 Å². The Morgan fingerprint density at radius 1 is 1.31 bits per heavy atom. The molecular weight excluding hydrogens is 214 g/mol. The summed E-state index contributed by atoms with van der Waals surface area (Å²) in [5.74, 6) is -1.91. The molecule has 0 aliphatic carbocycles. The van der Waals surface area contributed by atoms with Gasteiger partial charge in [0.1, 0.15) is 0 Å². The number of carboxylic acid groups (broad SMARTS) is 1. The molecule has 0 saturated heterocycles. The van der Waals surface area contributed by atoms with Crippen molar-refractivity contribution >= 4 is 28.9 Å². The summed E-state index contributed by atoms with van der Waals surface area (Å²) in [6.45, 7) is 0. The first-order valence-electron chi connectivity index (χ1n) is 4.30. The first-order chi connectivity index (χ1) is 7.56. The molecule has 16 heavy (non-hydrogen) atoms. The zero-order valence-electron chi connectivity index (χ0n) is 7.97. The Kier molecular flexibility index (Phi) is 2.24. The summed E-state index contributed by atoms with van der Waals surface area (Å²) in [5, 5.41) is 8.46. The Bertz CT molecular complexity index is 634. The standard InChI is InChI=1S/C10H7NO5/c11-6-4-8-7(15-10(14)16-8)3-5(6)1-2-9(12)13/h1-4H,11H2,(H,12,13)/b2-1+. The fraction of sp³-hybridized carbons (Fsp3) is 0. The molecule has 6 heteroatoms. The van der Waals surface area contributed by atoms with E-state index in [2.05, 4.69) is 4.42 Å². The van der Waals surface area contributed by atoms with Gasteiger partial charge in [-0.2, -0.15) is 0 Å². The van der Waals surface area contributed by atoms with Gasteiger partial charge in [-0.05, 0) is 12.1 Å². The van der Waals surface area contributed by atoms with Crippen LogP contribution in [-0.4, -0.2) is 11.1 Å². The monoisotopic (exact) mass is 221 g/mol. The SMILES string of the molecule is Nc1cc2oc(=O)oc2cc1/C=C/C(=O)O. The maximum Gasteiger partial charge on any atom is 0.519 e. The zero-order chi connectivity index (χ0) is 11.7. The van der Waals surface area contributed by atoms with Crippen LogP contribution in [0.25, 0.3) is 17.2 Å². The molecular formula is C10H7NO5. The Morgan fingerprint density at radius 3 is 2.56 bits per heavy atom. The number of hydrogen-bond donors (Lipinski definition) is 2. The molecule has 0 atom stereocenters. The minimum atomic E-state index is -1.09. The van der Waals surface area contributed by atoms with Crippen LogP contribution < -0.4 is 11.6 Å². The summed E-state index contributed by atoms with van der Waals surface area (Å²) >= 11 is 0. The van der Waals surface area contributed by atoms with Crippen molar-refractivity contribution in [1.82, 2.24) is 0 Å². The fourth-order valence-electron chi connectivity index (χ4n) is 1.26. The first-order valence-corrected chi connectivity index (χ1v) is 4.30. The van der Waals surface area contributed by atoms with Crippen LogP contribution in [0.3, 0.4) is 0 Å². The predicted molar refractivity (Wildman–Crippen MR) is 55.8 cm³/mol. The van der Waals surface area contributed by atoms with E-state index in [9.17, 15) is 9.59 Å². The molecule has 1 aromatic carbocycles. The molecule has 0 aliphatic rings. The average Bonchev–Trinajstić information content (AvgIpc) is 2.53. The molecule has 0 saturated carbocycles. The van der Waals surface area contributed by atoms with Gasteiger partial charge in [-0.25, -0.2) is 9.59 Å². The van der Waals surface area contributed by atoms with Gasteiger partial charge in [-0.1, -0.05) is 0 Å². The molecule has 2 rings (SSSR count). The number of nitrogens with two attached hydrogens (primary N) is 1. The van der Waals surface area contributed by atoms with Crippen molar-refractivity contribution in [1.29, 1.82) is 0 Å². The van der Waals surface area contributed by atoms with Crippen LogP contribution in [-0.2, 0) is 4.79 Å². The summed E-state index contributed by atoms with van der Waals surface area (Å²) in [6, 6.07) is 2.84. The van der Waals surface area contributed by atoms with Gasteiger partial charge in [0.05, 0.1) is 0 Å². The average molecular weight is 221 g/mol. The van der Waals surface area contributed by atoms with Crippen LogP contribution in [0, 0.1) is 0 Å². The summed E-state index contributed by atoms with van der Waals surface area (Å²) in [5.41, 5.74) is 6.84. The number of nitrogen functional groups attached to an aromatic ring is 1. The molecule has 0 amide bonds. The highest BCUT2D eigenvalue weighted by Crippen LogP contribution is 2.22. The highest BCUT2D eigenvalue weighted by atomic mass is 16.6. The van der Waals surface area contributed by atoms with E-state index in [1.165, 1.54) is 18.2 Å². The number of carboxylic acids is 1. The number of aliphatic carboxylic acids is 1. The summed E-state index contributed by atoms with van der Waals surface area (Å²) in [6.07, 6.45) is 2.25. The number of benzene rings is 1. The van der Waals surface area contributed by atoms with Gasteiger partial charge >= 0.3 is 11.8 Å². The first kappa shape index (κ1) is 10.0. The minimum absolute atomic E-state index is 0.226. The van der Waals surface area contributed by atoms with Crippen LogP contribution in [0.4, 0.5) is 5.69 Å². The van der Waals surface area contributed by atoms with Crippen LogP contribution in [0.5, 0.6) is 0 Å². The largest absolute Gasteiger partial charge is 0.519 e. The second-order valence-electron chi connectivity index (χ2n) is 3.05. The maximum atomic E-state index is 10.8. The van der Waals surface area contributed by atoms with Gasteiger partial charge in [0, 0.05) is 23.4 Å². The van der Waals surface area contributed by atoms with E-state index in [4.69, 9.17) is 15.3 Å². The number of fused-ring (bicyclic) bond motifs is 1. The van der Waals surface area contributed by atoms with Crippen LogP contribution in [0.2, 0.25) is 0 Å². The molecule has 1 heterocycles. The van der Waals surface area contributed by atoms with Crippen LogP contribution in [0.15, 0.2) is 31.8 Å². The molecule has 0 bridgehead atoms. The van der Waals surface area contributed by atoms with E-state index in [1.807, 2.05) is 0 Å². The number of carbonyl (C=O) groups is 1. The molecule has 2 aromatic rings. The summed E-state index contributed by atoms with van der Waals surface area (Å²) in [7, 11) is 0. The lowest BCUT2D eigenvalue weighted by Gasteiger charge is -1.97. The highest BCUT2D eigenvalue weighted by molar-refractivity contribution is 5.89. The lowest BCUT2D eigenvalue weighted by Crippen LogP contribution is -1.90. The Morgan fingerprint density at radius 2 is 1.94 bits per heavy atom. The van der Waals surface area contributed by atoms with Gasteiger partial charge in [-0.3, -0.25) is 0 Å². The highest BCUT2D eigenvalue weighted by Gasteiger charge is 2.07. The van der Waals surface area contributed by atoms with E-state index < -0.39 is 11.8 Å². The van der Waals surface area contributed by atoms with E-state index in [-0.39, 0.29) is 11.2 Å². The second kappa shape index (κ2) is 3.58. The van der Waals surface area contributed by atoms with E-state index in [0.717, 1.165) is 6.08 Å². The smallest absolute Gasteiger partial charge is 0.478 e. The molecule has 1 aromatic heterocycles. The van der Waals surface area contributed by atoms with Crippen molar-refractivity contribution in [3.8, 4) is 0 Å². The second-order valence-corrected chi connectivity index (χ2v) is 3.05. The third-order valence-corrected chi connectivity index (χ3v) is 1.94. The van der Waals surface area contributed by atoms with Crippen molar-refractivity contribution in [3.05, 3.63) is 34.4 Å². The van der Waals surface area contributed by atoms with Crippen molar-refractivity contribution < 1.29 is 18.7 Å². The van der Waals surface area contributed by atoms with Gasteiger partial charge in [0.2, 0.25) is 0 Å². The number of rotatable bonds is 2. The molecule has 0 unspecified atom stereocenters. The molecule has 0 spiro atoms. The Balaban J connectivity index is 2.57. The molecule has 6 nitrogen and oxygen atoms in total. The summed E-state index contributed by atoms with van der Waals surface area (Å²) < 4.78 is 9.40. The zero-order valence-corrected chi connectivity index (χ0v) is 7.97. The van der Waals surface area contributed by atoms with Crippen LogP contribution in [0.1, 0.15) is 5.56 Å². The maximum absolute atomic E-state index is 10.8. The van der Waals surface area contributed by atoms with Gasteiger partial charge in [0.25, 0.3) is 0 Å². The topological polar surface area (TPSA) is 107 Å². The Labute approximate surface area is 88.6 Å². The normalized spacial score (nSPS) is 11.2. The molecule has 0 fully saturated rings. The number of anilines is 1. The third kappa shape index (κ3) is 1.81. The fourth-order valence-corrected chi connectivity index (χ4v) is 1.26. The van der Waals surface area contributed by atoms with Crippen molar-refractivity contribution in [2.24, 2.45) is 0 Å². The molecule has 82 valence electrons. The third-order valence-electron chi connectivity index (χ3n) is 1.94.